The van der Waals surface area contributed by atoms with Crippen molar-refractivity contribution in [3.05, 3.63) is 65.2 Å². The molecule has 0 spiro atoms. The zero-order valence-electron chi connectivity index (χ0n) is 20.5. The molecular weight excluding hydrogens is 450 g/mol. The number of hydrogen-bond acceptors (Lipinski definition) is 4. The lowest BCUT2D eigenvalue weighted by molar-refractivity contribution is -0.130. The van der Waals surface area contributed by atoms with Crippen LogP contribution in [0.25, 0.3) is 0 Å². The first-order valence-corrected chi connectivity index (χ1v) is 12.8. The van der Waals surface area contributed by atoms with Crippen LogP contribution in [0.3, 0.4) is 0 Å². The Balaban J connectivity index is 1.53. The monoisotopic (exact) mass is 486 g/mol. The fraction of sp³-hybridized carbons (Fsp3) is 0.536. The van der Waals surface area contributed by atoms with Gasteiger partial charge in [-0.25, -0.2) is 8.78 Å². The molecule has 1 amide bonds. The minimum absolute atomic E-state index is 0.102. The number of amides is 1. The highest BCUT2D eigenvalue weighted by atomic mass is 19.2. The van der Waals surface area contributed by atoms with Gasteiger partial charge in [0.2, 0.25) is 0 Å². The second-order valence-corrected chi connectivity index (χ2v) is 9.84. The minimum Gasteiger partial charge on any atom is -0.479 e. The molecule has 0 radical (unpaired) electrons. The summed E-state index contributed by atoms with van der Waals surface area (Å²) < 4.78 is 39.3. The maximum atomic E-state index is 13.9. The number of carbonyl (C=O) groups is 1. The van der Waals surface area contributed by atoms with Crippen molar-refractivity contribution in [1.82, 2.24) is 10.2 Å². The number of benzene rings is 2. The topological polar surface area (TPSA) is 50.8 Å². The molecule has 1 aliphatic carbocycles. The highest BCUT2D eigenvalue weighted by Crippen LogP contribution is 2.21. The normalized spacial score (nSPS) is 19.6. The molecule has 35 heavy (non-hydrogen) atoms. The Morgan fingerprint density at radius 1 is 1.09 bits per heavy atom. The molecule has 2 unspecified atom stereocenters. The van der Waals surface area contributed by atoms with Crippen LogP contribution in [0.4, 0.5) is 8.78 Å². The van der Waals surface area contributed by atoms with Gasteiger partial charge in [-0.3, -0.25) is 9.69 Å². The Morgan fingerprint density at radius 3 is 2.63 bits per heavy atom. The summed E-state index contributed by atoms with van der Waals surface area (Å²) >= 11 is 0. The number of ether oxygens (including phenoxy) is 2. The highest BCUT2D eigenvalue weighted by Gasteiger charge is 2.29. The lowest BCUT2D eigenvalue weighted by Crippen LogP contribution is -2.50. The van der Waals surface area contributed by atoms with Crippen LogP contribution >= 0.6 is 0 Å². The van der Waals surface area contributed by atoms with Crippen LogP contribution in [0.5, 0.6) is 5.75 Å². The molecule has 5 nitrogen and oxygen atoms in total. The van der Waals surface area contributed by atoms with E-state index in [0.717, 1.165) is 62.8 Å². The van der Waals surface area contributed by atoms with E-state index in [0.29, 0.717) is 19.6 Å². The Kier molecular flexibility index (Phi) is 9.10. The maximum Gasteiger partial charge on any atom is 0.262 e. The van der Waals surface area contributed by atoms with Crippen LogP contribution < -0.4 is 10.1 Å². The molecule has 190 valence electrons. The van der Waals surface area contributed by atoms with Gasteiger partial charge in [0.15, 0.2) is 17.7 Å². The average Bonchev–Trinajstić information content (AvgIpc) is 3.35. The van der Waals surface area contributed by atoms with Crippen molar-refractivity contribution in [2.24, 2.45) is 0 Å². The van der Waals surface area contributed by atoms with E-state index < -0.39 is 17.7 Å². The SMILES string of the molecule is Cc1cccc(CN(CC2CCCO2)CC(Oc2ccc(F)c(F)c2)C(=O)NC2CCCCC2)c1. The molecule has 2 aromatic carbocycles. The van der Waals surface area contributed by atoms with Crippen LogP contribution in [0.15, 0.2) is 42.5 Å². The van der Waals surface area contributed by atoms with Crippen molar-refractivity contribution in [1.29, 1.82) is 0 Å². The van der Waals surface area contributed by atoms with Crippen molar-refractivity contribution in [2.75, 3.05) is 19.7 Å². The third-order valence-electron chi connectivity index (χ3n) is 6.81. The van der Waals surface area contributed by atoms with E-state index >= 15 is 0 Å². The number of nitrogens with zero attached hydrogens (tertiary/aromatic N) is 1. The molecule has 2 aliphatic rings. The lowest BCUT2D eigenvalue weighted by Gasteiger charge is -2.31. The number of rotatable bonds is 10. The summed E-state index contributed by atoms with van der Waals surface area (Å²) in [5.41, 5.74) is 2.31. The zero-order valence-corrected chi connectivity index (χ0v) is 20.5. The highest BCUT2D eigenvalue weighted by molar-refractivity contribution is 5.81. The van der Waals surface area contributed by atoms with E-state index in [1.807, 2.05) is 6.07 Å². The molecule has 1 saturated heterocycles. The fourth-order valence-electron chi connectivity index (χ4n) is 5.01. The molecular formula is C28H36F2N2O3. The Hall–Kier alpha value is -2.51. The van der Waals surface area contributed by atoms with Crippen LogP contribution in [0, 0.1) is 18.6 Å². The summed E-state index contributed by atoms with van der Waals surface area (Å²) in [7, 11) is 0. The number of carbonyl (C=O) groups excluding carboxylic acids is 1. The van der Waals surface area contributed by atoms with E-state index in [4.69, 9.17) is 9.47 Å². The third kappa shape index (κ3) is 7.74. The van der Waals surface area contributed by atoms with Gasteiger partial charge in [-0.15, -0.1) is 0 Å². The van der Waals surface area contributed by atoms with Crippen LogP contribution in [-0.2, 0) is 16.1 Å². The lowest BCUT2D eigenvalue weighted by atomic mass is 9.95. The molecule has 2 aromatic rings. The number of aryl methyl sites for hydroxylation is 1. The first kappa shape index (κ1) is 25.6. The smallest absolute Gasteiger partial charge is 0.262 e. The van der Waals surface area contributed by atoms with Gasteiger partial charge in [-0.2, -0.15) is 0 Å². The Morgan fingerprint density at radius 2 is 1.91 bits per heavy atom. The number of halogens is 2. The van der Waals surface area contributed by atoms with E-state index in [1.54, 1.807) is 0 Å². The van der Waals surface area contributed by atoms with Gasteiger partial charge in [0, 0.05) is 38.3 Å². The Labute approximate surface area is 206 Å². The van der Waals surface area contributed by atoms with Gasteiger partial charge in [-0.1, -0.05) is 49.1 Å². The summed E-state index contributed by atoms with van der Waals surface area (Å²) in [5, 5.41) is 3.15. The predicted octanol–water partition coefficient (Wildman–Crippen LogP) is 5.15. The van der Waals surface area contributed by atoms with Crippen molar-refractivity contribution in [3.63, 3.8) is 0 Å². The van der Waals surface area contributed by atoms with E-state index in [9.17, 15) is 13.6 Å². The molecule has 0 bridgehead atoms. The molecule has 1 heterocycles. The van der Waals surface area contributed by atoms with E-state index in [-0.39, 0.29) is 23.8 Å². The van der Waals surface area contributed by atoms with Gasteiger partial charge in [0.1, 0.15) is 5.75 Å². The first-order valence-electron chi connectivity index (χ1n) is 12.8. The Bertz CT molecular complexity index is 974. The zero-order chi connectivity index (χ0) is 24.6. The molecule has 2 fully saturated rings. The summed E-state index contributed by atoms with van der Waals surface area (Å²) in [6.45, 7) is 4.42. The van der Waals surface area contributed by atoms with Crippen molar-refractivity contribution >= 4 is 5.91 Å². The molecule has 2 atom stereocenters. The molecule has 4 rings (SSSR count). The minimum atomic E-state index is -0.995. The first-order chi connectivity index (χ1) is 17.0. The summed E-state index contributed by atoms with van der Waals surface area (Å²) in [4.78, 5) is 15.6. The molecule has 7 heteroatoms. The summed E-state index contributed by atoms with van der Waals surface area (Å²) in [5.74, 6) is -2.02. The second-order valence-electron chi connectivity index (χ2n) is 9.84. The fourth-order valence-corrected chi connectivity index (χ4v) is 5.01. The van der Waals surface area contributed by atoms with Crippen molar-refractivity contribution < 1.29 is 23.0 Å². The van der Waals surface area contributed by atoms with Crippen LogP contribution in [0.2, 0.25) is 0 Å². The molecule has 1 saturated carbocycles. The van der Waals surface area contributed by atoms with Gasteiger partial charge in [-0.05, 0) is 50.3 Å². The van der Waals surface area contributed by atoms with Crippen molar-refractivity contribution in [2.45, 2.75) is 76.7 Å². The third-order valence-corrected chi connectivity index (χ3v) is 6.81. The predicted molar refractivity (Wildman–Crippen MR) is 131 cm³/mol. The van der Waals surface area contributed by atoms with E-state index in [1.165, 1.54) is 18.1 Å². The number of nitrogens with one attached hydrogen (secondary N) is 1. The van der Waals surface area contributed by atoms with Gasteiger partial charge in [0.25, 0.3) is 5.91 Å². The quantitative estimate of drug-likeness (QED) is 0.505. The summed E-state index contributed by atoms with van der Waals surface area (Å²) in [6.07, 6.45) is 6.52. The molecule has 1 N–H and O–H groups in total. The van der Waals surface area contributed by atoms with Crippen LogP contribution in [0.1, 0.15) is 56.1 Å². The van der Waals surface area contributed by atoms with Crippen molar-refractivity contribution in [3.8, 4) is 5.75 Å². The largest absolute Gasteiger partial charge is 0.479 e. The molecule has 1 aliphatic heterocycles. The summed E-state index contributed by atoms with van der Waals surface area (Å²) in [6, 6.07) is 11.8. The van der Waals surface area contributed by atoms with Gasteiger partial charge < -0.3 is 14.8 Å². The number of hydrogen-bond donors (Lipinski definition) is 1. The second kappa shape index (κ2) is 12.5. The standard InChI is InChI=1S/C28H36F2N2O3/c1-20-7-5-8-21(15-20)17-32(18-24-11-6-14-34-24)19-27(28(33)31-22-9-3-2-4-10-22)35-23-12-13-25(29)26(30)16-23/h5,7-8,12-13,15-16,22,24,27H,2-4,6,9-11,14,17-19H2,1H3,(H,31,33). The van der Waals surface area contributed by atoms with Gasteiger partial charge >= 0.3 is 0 Å². The van der Waals surface area contributed by atoms with Gasteiger partial charge in [0.05, 0.1) is 6.10 Å². The van der Waals surface area contributed by atoms with E-state index in [2.05, 4.69) is 35.3 Å². The average molecular weight is 487 g/mol. The maximum absolute atomic E-state index is 13.9. The molecule has 0 aromatic heterocycles. The van der Waals surface area contributed by atoms with Crippen LogP contribution in [-0.4, -0.2) is 48.8 Å².